The fourth-order valence-electron chi connectivity index (χ4n) is 3.48. The molecule has 4 aromatic rings. The van der Waals surface area contributed by atoms with E-state index >= 15 is 0 Å². The molecule has 178 valence electrons. The third-order valence-electron chi connectivity index (χ3n) is 5.19. The van der Waals surface area contributed by atoms with Gasteiger partial charge in [-0.2, -0.15) is 0 Å². The Bertz CT molecular complexity index is 1470. The predicted molar refractivity (Wildman–Crippen MR) is 145 cm³/mol. The zero-order valence-electron chi connectivity index (χ0n) is 18.6. The molecule has 5 rings (SSSR count). The van der Waals surface area contributed by atoms with Crippen LogP contribution in [0, 0.1) is 0 Å². The van der Waals surface area contributed by atoms with Crippen LogP contribution in [0.4, 0.5) is 9.93 Å². The van der Waals surface area contributed by atoms with E-state index in [1.165, 1.54) is 28.0 Å². The Morgan fingerprint density at radius 2 is 1.69 bits per heavy atom. The number of benzene rings is 3. The summed E-state index contributed by atoms with van der Waals surface area (Å²) in [6.07, 6.45) is 1.61. The summed E-state index contributed by atoms with van der Waals surface area (Å²) in [5, 5.41) is 13.3. The van der Waals surface area contributed by atoms with Gasteiger partial charge in [0.2, 0.25) is 5.13 Å². The highest BCUT2D eigenvalue weighted by molar-refractivity contribution is 8.18. The molecule has 36 heavy (non-hydrogen) atoms. The van der Waals surface area contributed by atoms with Crippen LogP contribution in [-0.2, 0) is 10.5 Å². The lowest BCUT2D eigenvalue weighted by molar-refractivity contribution is -0.115. The van der Waals surface area contributed by atoms with E-state index in [4.69, 9.17) is 0 Å². The minimum Gasteiger partial charge on any atom is -0.296 e. The van der Waals surface area contributed by atoms with Crippen LogP contribution >= 0.6 is 34.9 Å². The van der Waals surface area contributed by atoms with Gasteiger partial charge in [0.1, 0.15) is 0 Å². The van der Waals surface area contributed by atoms with Gasteiger partial charge in [0.15, 0.2) is 4.34 Å². The van der Waals surface area contributed by atoms with E-state index in [1.807, 2.05) is 30.3 Å². The van der Waals surface area contributed by atoms with Crippen molar-refractivity contribution in [1.82, 2.24) is 15.5 Å². The fraction of sp³-hybridized carbons (Fsp3) is 0.0385. The normalized spacial score (nSPS) is 14.2. The maximum atomic E-state index is 12.6. The van der Waals surface area contributed by atoms with Crippen LogP contribution in [0.5, 0.6) is 0 Å². The van der Waals surface area contributed by atoms with E-state index in [0.29, 0.717) is 21.2 Å². The Kier molecular flexibility index (Phi) is 7.26. The number of aromatic nitrogens is 2. The van der Waals surface area contributed by atoms with E-state index < -0.39 is 11.1 Å². The third kappa shape index (κ3) is 5.73. The molecule has 1 saturated heterocycles. The summed E-state index contributed by atoms with van der Waals surface area (Å²) in [4.78, 5) is 35.9. The highest BCUT2D eigenvalue weighted by Gasteiger charge is 2.24. The minimum atomic E-state index is -0.416. The average molecular weight is 531 g/mol. The van der Waals surface area contributed by atoms with Crippen LogP contribution in [0.1, 0.15) is 21.5 Å². The molecule has 0 spiro atoms. The summed E-state index contributed by atoms with van der Waals surface area (Å²) < 4.78 is 0.761. The van der Waals surface area contributed by atoms with E-state index in [2.05, 4.69) is 45.1 Å². The Balaban J connectivity index is 1.20. The van der Waals surface area contributed by atoms with Crippen LogP contribution in [0.2, 0.25) is 0 Å². The molecular weight excluding hydrogens is 513 g/mol. The van der Waals surface area contributed by atoms with Crippen molar-refractivity contribution < 1.29 is 14.4 Å². The van der Waals surface area contributed by atoms with E-state index in [1.54, 1.807) is 42.1 Å². The van der Waals surface area contributed by atoms with E-state index in [0.717, 1.165) is 21.9 Å². The quantitative estimate of drug-likeness (QED) is 0.170. The molecule has 1 aliphatic rings. The van der Waals surface area contributed by atoms with Gasteiger partial charge in [-0.25, -0.2) is 0 Å². The van der Waals surface area contributed by atoms with Gasteiger partial charge >= 0.3 is 0 Å². The number of anilines is 1. The molecule has 0 bridgehead atoms. The largest absolute Gasteiger partial charge is 0.296 e. The lowest BCUT2D eigenvalue weighted by atomic mass is 10.0. The highest BCUT2D eigenvalue weighted by Crippen LogP contribution is 2.32. The van der Waals surface area contributed by atoms with Crippen LogP contribution in [0.25, 0.3) is 17.2 Å². The van der Waals surface area contributed by atoms with Gasteiger partial charge in [-0.1, -0.05) is 89.8 Å². The Hall–Kier alpha value is -3.73. The molecule has 1 fully saturated rings. The molecule has 0 atom stereocenters. The fourth-order valence-corrected chi connectivity index (χ4v) is 5.91. The second-order valence-electron chi connectivity index (χ2n) is 7.61. The lowest BCUT2D eigenvalue weighted by Gasteiger charge is -2.08. The second kappa shape index (κ2) is 10.9. The number of amides is 3. The predicted octanol–water partition coefficient (Wildman–Crippen LogP) is 6.07. The zero-order chi connectivity index (χ0) is 24.9. The van der Waals surface area contributed by atoms with Gasteiger partial charge in [0.25, 0.3) is 17.1 Å². The molecular formula is C26H18N4O3S3. The number of nitrogens with one attached hydrogen (secondary N) is 2. The smallest absolute Gasteiger partial charge is 0.290 e. The van der Waals surface area contributed by atoms with E-state index in [-0.39, 0.29) is 5.91 Å². The summed E-state index contributed by atoms with van der Waals surface area (Å²) in [6, 6.07) is 25.2. The topological polar surface area (TPSA) is 101 Å². The Labute approximate surface area is 219 Å². The molecule has 1 aliphatic heterocycles. The Morgan fingerprint density at radius 1 is 0.944 bits per heavy atom. The third-order valence-corrected chi connectivity index (χ3v) is 8.02. The van der Waals surface area contributed by atoms with Gasteiger partial charge in [-0.05, 0) is 52.2 Å². The van der Waals surface area contributed by atoms with Crippen LogP contribution in [0.15, 0.2) is 88.1 Å². The van der Waals surface area contributed by atoms with Gasteiger partial charge < -0.3 is 0 Å². The van der Waals surface area contributed by atoms with Crippen LogP contribution < -0.4 is 10.6 Å². The number of imide groups is 1. The van der Waals surface area contributed by atoms with E-state index in [9.17, 15) is 14.4 Å². The molecule has 10 heteroatoms. The van der Waals surface area contributed by atoms with Crippen molar-refractivity contribution in [1.29, 1.82) is 0 Å². The zero-order valence-corrected chi connectivity index (χ0v) is 21.1. The van der Waals surface area contributed by atoms with Gasteiger partial charge in [-0.3, -0.25) is 25.0 Å². The van der Waals surface area contributed by atoms with Crippen molar-refractivity contribution in [3.8, 4) is 11.1 Å². The summed E-state index contributed by atoms with van der Waals surface area (Å²) in [6.45, 7) is 0. The van der Waals surface area contributed by atoms with Gasteiger partial charge in [-0.15, -0.1) is 10.2 Å². The number of carbonyl (C=O) groups is 3. The maximum Gasteiger partial charge on any atom is 0.290 e. The number of hydrogen-bond acceptors (Lipinski definition) is 8. The molecule has 3 amide bonds. The molecule has 3 aromatic carbocycles. The maximum absolute atomic E-state index is 12.6. The minimum absolute atomic E-state index is 0.306. The number of carbonyl (C=O) groups excluding carboxylic acids is 3. The number of hydrogen-bond donors (Lipinski definition) is 2. The van der Waals surface area contributed by atoms with Crippen molar-refractivity contribution in [3.05, 3.63) is 100 Å². The summed E-state index contributed by atoms with van der Waals surface area (Å²) >= 11 is 3.75. The van der Waals surface area contributed by atoms with Crippen molar-refractivity contribution in [2.45, 2.75) is 10.1 Å². The first-order valence-corrected chi connectivity index (χ1v) is 13.4. The molecule has 0 saturated carbocycles. The SMILES string of the molecule is O=C1NC(=O)/C(=C\c2ccc(C(=O)Nc3nnc(SCc4ccccc4-c4ccccc4)s3)cc2)S1. The molecule has 2 N–H and O–H groups in total. The molecule has 1 aromatic heterocycles. The Morgan fingerprint density at radius 3 is 2.44 bits per heavy atom. The highest BCUT2D eigenvalue weighted by atomic mass is 32.2. The molecule has 2 heterocycles. The summed E-state index contributed by atoms with van der Waals surface area (Å²) in [5.41, 5.74) is 4.70. The summed E-state index contributed by atoms with van der Waals surface area (Å²) in [7, 11) is 0. The summed E-state index contributed by atoms with van der Waals surface area (Å²) in [5.74, 6) is 0.00629. The van der Waals surface area contributed by atoms with Gasteiger partial charge in [0, 0.05) is 11.3 Å². The molecule has 0 radical (unpaired) electrons. The molecule has 0 aliphatic carbocycles. The number of rotatable bonds is 7. The van der Waals surface area contributed by atoms with Crippen molar-refractivity contribution >= 4 is 63.1 Å². The van der Waals surface area contributed by atoms with Crippen LogP contribution in [-0.4, -0.2) is 27.3 Å². The molecule has 7 nitrogen and oxygen atoms in total. The van der Waals surface area contributed by atoms with Crippen molar-refractivity contribution in [2.24, 2.45) is 0 Å². The first-order chi connectivity index (χ1) is 17.5. The number of thioether (sulfide) groups is 2. The first kappa shape index (κ1) is 24.0. The average Bonchev–Trinajstić information content (AvgIpc) is 3.48. The lowest BCUT2D eigenvalue weighted by Crippen LogP contribution is -2.17. The number of nitrogens with zero attached hydrogens (tertiary/aromatic N) is 2. The van der Waals surface area contributed by atoms with Crippen molar-refractivity contribution in [3.63, 3.8) is 0 Å². The standard InChI is InChI=1S/C26H18N4O3S3/c31-22(18-12-10-16(11-13-18)14-21-23(32)28-25(33)35-21)27-24-29-30-26(36-24)34-15-19-8-4-5-9-20(19)17-6-2-1-3-7-17/h1-14H,15H2,(H,27,29,31)(H,28,32,33)/b21-14+. The first-order valence-electron chi connectivity index (χ1n) is 10.8. The van der Waals surface area contributed by atoms with Crippen LogP contribution in [0.3, 0.4) is 0 Å². The van der Waals surface area contributed by atoms with Crippen molar-refractivity contribution in [2.75, 3.05) is 5.32 Å². The second-order valence-corrected chi connectivity index (χ2v) is 10.8. The molecule has 0 unspecified atom stereocenters. The van der Waals surface area contributed by atoms with Gasteiger partial charge in [0.05, 0.1) is 4.91 Å². The monoisotopic (exact) mass is 530 g/mol.